The highest BCUT2D eigenvalue weighted by atomic mass is 16.2. The molecular formula is C29H29N3O2. The van der Waals surface area contributed by atoms with E-state index in [-0.39, 0.29) is 11.8 Å². The normalized spacial score (nSPS) is 15.8. The Morgan fingerprint density at radius 1 is 0.794 bits per heavy atom. The van der Waals surface area contributed by atoms with Gasteiger partial charge in [0, 0.05) is 32.9 Å². The van der Waals surface area contributed by atoms with Crippen LogP contribution in [0.4, 0.5) is 11.4 Å². The van der Waals surface area contributed by atoms with Gasteiger partial charge in [0.2, 0.25) is 0 Å². The van der Waals surface area contributed by atoms with Crippen molar-refractivity contribution in [1.29, 1.82) is 0 Å². The van der Waals surface area contributed by atoms with Crippen LogP contribution in [0.1, 0.15) is 27.8 Å². The molecule has 0 aromatic heterocycles. The molecule has 3 aromatic rings. The van der Waals surface area contributed by atoms with Crippen molar-refractivity contribution in [2.24, 2.45) is 0 Å². The molecule has 2 aliphatic rings. The number of hydrogen-bond donors (Lipinski definition) is 0. The smallest absolute Gasteiger partial charge is 0.282 e. The maximum absolute atomic E-state index is 13.9. The summed E-state index contributed by atoms with van der Waals surface area (Å²) in [6.45, 7) is 5.41. The van der Waals surface area contributed by atoms with Gasteiger partial charge >= 0.3 is 0 Å². The van der Waals surface area contributed by atoms with Crippen LogP contribution in [-0.4, -0.2) is 37.4 Å². The van der Waals surface area contributed by atoms with Crippen LogP contribution >= 0.6 is 0 Å². The zero-order chi connectivity index (χ0) is 24.0. The SMILES string of the molecule is Cc1ccc(C2=C(N3CCc4ccccc4C3)C(=O)N(c3ccc(N(C)C)cc3)C2=O)cc1C. The van der Waals surface area contributed by atoms with Crippen molar-refractivity contribution in [1.82, 2.24) is 4.90 Å². The Morgan fingerprint density at radius 2 is 1.50 bits per heavy atom. The maximum atomic E-state index is 13.9. The highest BCUT2D eigenvalue weighted by molar-refractivity contribution is 6.45. The van der Waals surface area contributed by atoms with Crippen molar-refractivity contribution < 1.29 is 9.59 Å². The van der Waals surface area contributed by atoms with Crippen LogP contribution < -0.4 is 9.80 Å². The Hall–Kier alpha value is -3.86. The summed E-state index contributed by atoms with van der Waals surface area (Å²) in [5.74, 6) is -0.519. The zero-order valence-corrected chi connectivity index (χ0v) is 20.1. The van der Waals surface area contributed by atoms with Gasteiger partial charge < -0.3 is 9.80 Å². The van der Waals surface area contributed by atoms with Gasteiger partial charge in [-0.3, -0.25) is 9.59 Å². The van der Waals surface area contributed by atoms with Gasteiger partial charge in [0.1, 0.15) is 5.70 Å². The fourth-order valence-electron chi connectivity index (χ4n) is 4.79. The molecular weight excluding hydrogens is 422 g/mol. The summed E-state index contributed by atoms with van der Waals surface area (Å²) < 4.78 is 0. The van der Waals surface area contributed by atoms with Crippen LogP contribution in [0.5, 0.6) is 0 Å². The van der Waals surface area contributed by atoms with Crippen LogP contribution in [0, 0.1) is 13.8 Å². The van der Waals surface area contributed by atoms with Crippen LogP contribution in [-0.2, 0) is 22.6 Å². The van der Waals surface area contributed by atoms with Gasteiger partial charge in [-0.1, -0.05) is 42.5 Å². The summed E-state index contributed by atoms with van der Waals surface area (Å²) >= 11 is 0. The lowest BCUT2D eigenvalue weighted by molar-refractivity contribution is -0.120. The molecule has 5 rings (SSSR count). The molecule has 5 heteroatoms. The molecule has 2 aliphatic heterocycles. The Morgan fingerprint density at radius 3 is 2.18 bits per heavy atom. The Balaban J connectivity index is 1.60. The van der Waals surface area contributed by atoms with E-state index in [1.54, 1.807) is 0 Å². The number of benzene rings is 3. The Bertz CT molecular complexity index is 1320. The molecule has 34 heavy (non-hydrogen) atoms. The minimum Gasteiger partial charge on any atom is -0.378 e. The number of anilines is 2. The van der Waals surface area contributed by atoms with Gasteiger partial charge in [0.25, 0.3) is 11.8 Å². The van der Waals surface area contributed by atoms with Gasteiger partial charge in [-0.15, -0.1) is 0 Å². The Kier molecular flexibility index (Phi) is 5.48. The van der Waals surface area contributed by atoms with Crippen molar-refractivity contribution in [3.8, 4) is 0 Å². The lowest BCUT2D eigenvalue weighted by Crippen LogP contribution is -2.37. The topological polar surface area (TPSA) is 43.9 Å². The number of carbonyl (C=O) groups is 2. The van der Waals surface area contributed by atoms with Gasteiger partial charge in [0.05, 0.1) is 11.3 Å². The number of hydrogen-bond acceptors (Lipinski definition) is 4. The fraction of sp³-hybridized carbons (Fsp3) is 0.241. The molecule has 3 aromatic carbocycles. The first kappa shape index (κ1) is 22.0. The average molecular weight is 452 g/mol. The number of rotatable bonds is 4. The van der Waals surface area contributed by atoms with Crippen molar-refractivity contribution in [2.45, 2.75) is 26.8 Å². The maximum Gasteiger partial charge on any atom is 0.282 e. The summed E-state index contributed by atoms with van der Waals surface area (Å²) in [7, 11) is 3.93. The predicted octanol–water partition coefficient (Wildman–Crippen LogP) is 4.71. The molecule has 0 saturated heterocycles. The molecule has 0 aliphatic carbocycles. The summed E-state index contributed by atoms with van der Waals surface area (Å²) in [5.41, 5.74) is 8.15. The molecule has 0 spiro atoms. The molecule has 0 bridgehead atoms. The van der Waals surface area contributed by atoms with E-state index in [4.69, 9.17) is 0 Å². The standard InChI is InChI=1S/C29H29N3O2/c1-19-9-10-22(17-20(19)2)26-27(31-16-15-21-7-5-6-8-23(21)18-31)29(34)32(28(26)33)25-13-11-24(12-14-25)30(3)4/h5-14,17H,15-16,18H2,1-4H3. The quantitative estimate of drug-likeness (QED) is 0.539. The lowest BCUT2D eigenvalue weighted by atomic mass is 9.96. The number of carbonyl (C=O) groups excluding carboxylic acids is 2. The highest BCUT2D eigenvalue weighted by Crippen LogP contribution is 2.37. The third-order valence-corrected chi connectivity index (χ3v) is 6.93. The number of amides is 2. The molecule has 0 fully saturated rings. The van der Waals surface area contributed by atoms with Crippen molar-refractivity contribution in [3.63, 3.8) is 0 Å². The first-order chi connectivity index (χ1) is 16.3. The molecule has 0 radical (unpaired) electrons. The van der Waals surface area contributed by atoms with E-state index in [0.717, 1.165) is 28.8 Å². The second-order valence-electron chi connectivity index (χ2n) is 9.32. The third kappa shape index (κ3) is 3.67. The minimum absolute atomic E-state index is 0.254. The van der Waals surface area contributed by atoms with Gasteiger partial charge in [0.15, 0.2) is 0 Å². The zero-order valence-electron chi connectivity index (χ0n) is 20.1. The molecule has 2 heterocycles. The minimum atomic E-state index is -0.264. The molecule has 0 unspecified atom stereocenters. The van der Waals surface area contributed by atoms with Gasteiger partial charge in [-0.05, 0) is 72.4 Å². The first-order valence-electron chi connectivity index (χ1n) is 11.6. The fourth-order valence-corrected chi connectivity index (χ4v) is 4.79. The van der Waals surface area contributed by atoms with Gasteiger partial charge in [-0.25, -0.2) is 4.90 Å². The van der Waals surface area contributed by atoms with E-state index in [1.807, 2.05) is 74.4 Å². The summed E-state index contributed by atoms with van der Waals surface area (Å²) in [5, 5.41) is 0. The van der Waals surface area contributed by atoms with E-state index in [9.17, 15) is 9.59 Å². The summed E-state index contributed by atoms with van der Waals surface area (Å²) in [6.07, 6.45) is 0.846. The Labute approximate surface area is 200 Å². The summed E-state index contributed by atoms with van der Waals surface area (Å²) in [6, 6.07) is 21.9. The van der Waals surface area contributed by atoms with E-state index in [2.05, 4.69) is 30.0 Å². The van der Waals surface area contributed by atoms with Crippen LogP contribution in [0.25, 0.3) is 5.57 Å². The number of nitrogens with zero attached hydrogens (tertiary/aromatic N) is 3. The van der Waals surface area contributed by atoms with Gasteiger partial charge in [-0.2, -0.15) is 0 Å². The van der Waals surface area contributed by atoms with E-state index in [0.29, 0.717) is 30.0 Å². The van der Waals surface area contributed by atoms with Crippen molar-refractivity contribution in [2.75, 3.05) is 30.4 Å². The van der Waals surface area contributed by atoms with E-state index >= 15 is 0 Å². The highest BCUT2D eigenvalue weighted by Gasteiger charge is 2.43. The molecule has 172 valence electrons. The number of aryl methyl sites for hydroxylation is 2. The van der Waals surface area contributed by atoms with Crippen LogP contribution in [0.15, 0.2) is 72.4 Å². The number of fused-ring (bicyclic) bond motifs is 1. The molecule has 0 atom stereocenters. The predicted molar refractivity (Wildman–Crippen MR) is 137 cm³/mol. The van der Waals surface area contributed by atoms with E-state index < -0.39 is 0 Å². The largest absolute Gasteiger partial charge is 0.378 e. The molecule has 0 saturated carbocycles. The molecule has 0 N–H and O–H groups in total. The summed E-state index contributed by atoms with van der Waals surface area (Å²) in [4.78, 5) is 33.1. The van der Waals surface area contributed by atoms with E-state index in [1.165, 1.54) is 16.0 Å². The molecule has 5 nitrogen and oxygen atoms in total. The van der Waals surface area contributed by atoms with Crippen molar-refractivity contribution >= 4 is 28.8 Å². The van der Waals surface area contributed by atoms with Crippen LogP contribution in [0.2, 0.25) is 0 Å². The average Bonchev–Trinajstić information content (AvgIpc) is 3.10. The lowest BCUT2D eigenvalue weighted by Gasteiger charge is -2.31. The second-order valence-corrected chi connectivity index (χ2v) is 9.32. The second kappa shape index (κ2) is 8.49. The van der Waals surface area contributed by atoms with Crippen molar-refractivity contribution in [3.05, 3.63) is 100 Å². The third-order valence-electron chi connectivity index (χ3n) is 6.93. The van der Waals surface area contributed by atoms with Crippen LogP contribution in [0.3, 0.4) is 0 Å². The monoisotopic (exact) mass is 451 g/mol. The molecule has 2 amide bonds. The number of imide groups is 1. The first-order valence-corrected chi connectivity index (χ1v) is 11.6.